The van der Waals surface area contributed by atoms with E-state index in [2.05, 4.69) is 31.2 Å². The van der Waals surface area contributed by atoms with E-state index < -0.39 is 0 Å². The molecule has 0 aromatic carbocycles. The van der Waals surface area contributed by atoms with Crippen molar-refractivity contribution in [3.05, 3.63) is 22.7 Å². The first-order chi connectivity index (χ1) is 12.5. The average Bonchev–Trinajstić information content (AvgIpc) is 3.35. The maximum atomic E-state index is 4.74. The van der Waals surface area contributed by atoms with Crippen molar-refractivity contribution in [3.8, 4) is 0 Å². The highest BCUT2D eigenvalue weighted by Gasteiger charge is 2.17. The quantitative estimate of drug-likeness (QED) is 0.591. The van der Waals surface area contributed by atoms with Crippen LogP contribution in [0.1, 0.15) is 43.0 Å². The number of rotatable bonds is 6. The fraction of sp³-hybridized carbons (Fsp3) is 0.647. The van der Waals surface area contributed by atoms with Crippen LogP contribution in [0.15, 0.2) is 10.4 Å². The summed E-state index contributed by atoms with van der Waals surface area (Å²) in [4.78, 5) is 11.4. The molecule has 0 bridgehead atoms. The molecule has 1 aliphatic rings. The minimum atomic E-state index is 0.496. The van der Waals surface area contributed by atoms with Gasteiger partial charge >= 0.3 is 0 Å². The number of hydrogen-bond donors (Lipinski definition) is 2. The molecule has 1 aliphatic carbocycles. The van der Waals surface area contributed by atoms with Crippen LogP contribution in [0.25, 0.3) is 0 Å². The van der Waals surface area contributed by atoms with Gasteiger partial charge in [0.2, 0.25) is 0 Å². The fourth-order valence-electron chi connectivity index (χ4n) is 2.92. The Morgan fingerprint density at radius 1 is 1.35 bits per heavy atom. The van der Waals surface area contributed by atoms with Gasteiger partial charge in [-0.1, -0.05) is 12.8 Å². The zero-order valence-corrected chi connectivity index (χ0v) is 16.8. The minimum absolute atomic E-state index is 0.496. The van der Waals surface area contributed by atoms with E-state index in [4.69, 9.17) is 4.99 Å². The standard InChI is InChI=1S/C17H28N8S/c1-12-22-23-15(25(12)4)10-19-16(20-13-7-5-6-8-13)18-9-14-11-26-17(21-14)24(2)3/h11,13H,5-10H2,1-4H3,(H2,18,19,20). The van der Waals surface area contributed by atoms with E-state index in [-0.39, 0.29) is 0 Å². The zero-order valence-electron chi connectivity index (χ0n) is 16.0. The first kappa shape index (κ1) is 18.6. The molecule has 0 unspecified atom stereocenters. The predicted molar refractivity (Wildman–Crippen MR) is 106 cm³/mol. The summed E-state index contributed by atoms with van der Waals surface area (Å²) < 4.78 is 1.99. The lowest BCUT2D eigenvalue weighted by atomic mass is 10.2. The van der Waals surface area contributed by atoms with Gasteiger partial charge in [0.1, 0.15) is 5.82 Å². The van der Waals surface area contributed by atoms with E-state index in [0.717, 1.165) is 28.4 Å². The third-order valence-electron chi connectivity index (χ3n) is 4.61. The summed E-state index contributed by atoms with van der Waals surface area (Å²) in [5.74, 6) is 2.62. The van der Waals surface area contributed by atoms with Crippen molar-refractivity contribution < 1.29 is 0 Å². The lowest BCUT2D eigenvalue weighted by Gasteiger charge is -2.17. The van der Waals surface area contributed by atoms with Gasteiger partial charge in [-0.15, -0.1) is 21.5 Å². The van der Waals surface area contributed by atoms with Crippen molar-refractivity contribution in [2.75, 3.05) is 19.0 Å². The Kier molecular flexibility index (Phi) is 6.08. The molecule has 1 fully saturated rings. The topological polar surface area (TPSA) is 83.3 Å². The number of guanidine groups is 1. The first-order valence-electron chi connectivity index (χ1n) is 9.04. The molecule has 0 amide bonds. The Balaban J connectivity index is 1.65. The maximum Gasteiger partial charge on any atom is 0.192 e. The van der Waals surface area contributed by atoms with Crippen LogP contribution < -0.4 is 15.5 Å². The van der Waals surface area contributed by atoms with Gasteiger partial charge in [0.05, 0.1) is 18.8 Å². The molecule has 0 atom stereocenters. The Morgan fingerprint density at radius 2 is 2.12 bits per heavy atom. The van der Waals surface area contributed by atoms with Crippen molar-refractivity contribution in [2.45, 2.75) is 51.7 Å². The fourth-order valence-corrected chi connectivity index (χ4v) is 3.67. The Labute approximate surface area is 158 Å². The van der Waals surface area contributed by atoms with Gasteiger partial charge in [-0.25, -0.2) is 9.98 Å². The van der Waals surface area contributed by atoms with Crippen LogP contribution in [-0.4, -0.2) is 45.8 Å². The summed E-state index contributed by atoms with van der Waals surface area (Å²) in [6.45, 7) is 3.10. The second-order valence-corrected chi connectivity index (χ2v) is 7.72. The Morgan fingerprint density at radius 3 is 2.73 bits per heavy atom. The van der Waals surface area contributed by atoms with Crippen LogP contribution in [0.5, 0.6) is 0 Å². The molecule has 0 radical (unpaired) electrons. The molecular formula is C17H28N8S. The normalized spacial score (nSPS) is 15.5. The highest BCUT2D eigenvalue weighted by Crippen LogP contribution is 2.19. The van der Waals surface area contributed by atoms with Crippen LogP contribution in [0, 0.1) is 6.92 Å². The van der Waals surface area contributed by atoms with E-state index in [9.17, 15) is 0 Å². The van der Waals surface area contributed by atoms with Gasteiger partial charge < -0.3 is 20.1 Å². The summed E-state index contributed by atoms with van der Waals surface area (Å²) in [5, 5.41) is 18.3. The van der Waals surface area contributed by atoms with Crippen LogP contribution in [-0.2, 0) is 20.1 Å². The van der Waals surface area contributed by atoms with Gasteiger partial charge in [0, 0.05) is 32.6 Å². The van der Waals surface area contributed by atoms with Crippen molar-refractivity contribution in [2.24, 2.45) is 12.0 Å². The van der Waals surface area contributed by atoms with E-state index in [0.29, 0.717) is 19.1 Å². The third-order valence-corrected chi connectivity index (χ3v) is 5.67. The number of thiazole rings is 1. The highest BCUT2D eigenvalue weighted by molar-refractivity contribution is 7.13. The summed E-state index contributed by atoms with van der Waals surface area (Å²) in [5.41, 5.74) is 0.987. The Hall–Kier alpha value is -2.16. The molecule has 142 valence electrons. The zero-order chi connectivity index (χ0) is 18.5. The van der Waals surface area contributed by atoms with Gasteiger partial charge in [-0.3, -0.25) is 0 Å². The maximum absolute atomic E-state index is 4.74. The van der Waals surface area contributed by atoms with Crippen molar-refractivity contribution in [1.29, 1.82) is 0 Å². The molecule has 0 saturated heterocycles. The summed E-state index contributed by atoms with van der Waals surface area (Å²) in [6, 6.07) is 0.496. The van der Waals surface area contributed by atoms with Crippen LogP contribution in [0.4, 0.5) is 5.13 Å². The van der Waals surface area contributed by atoms with Gasteiger partial charge in [0.25, 0.3) is 0 Å². The smallest absolute Gasteiger partial charge is 0.192 e. The molecule has 2 N–H and O–H groups in total. The van der Waals surface area contributed by atoms with Crippen LogP contribution in [0.3, 0.4) is 0 Å². The van der Waals surface area contributed by atoms with Gasteiger partial charge in [-0.05, 0) is 19.8 Å². The largest absolute Gasteiger partial charge is 0.354 e. The molecule has 3 rings (SSSR count). The molecule has 2 aromatic rings. The Bertz CT molecular complexity index is 742. The second-order valence-electron chi connectivity index (χ2n) is 6.88. The number of hydrogen-bond acceptors (Lipinski definition) is 6. The van der Waals surface area contributed by atoms with E-state index in [1.165, 1.54) is 25.7 Å². The van der Waals surface area contributed by atoms with Gasteiger partial charge in [0.15, 0.2) is 16.9 Å². The van der Waals surface area contributed by atoms with Crippen LogP contribution >= 0.6 is 11.3 Å². The number of anilines is 1. The van der Waals surface area contributed by atoms with Crippen molar-refractivity contribution in [1.82, 2.24) is 30.4 Å². The lowest BCUT2D eigenvalue weighted by molar-refractivity contribution is 0.606. The summed E-state index contributed by atoms with van der Waals surface area (Å²) in [6.07, 6.45) is 4.97. The van der Waals surface area contributed by atoms with E-state index in [1.807, 2.05) is 37.5 Å². The van der Waals surface area contributed by atoms with Gasteiger partial charge in [-0.2, -0.15) is 0 Å². The lowest BCUT2D eigenvalue weighted by Crippen LogP contribution is -2.42. The number of aryl methyl sites for hydroxylation is 1. The van der Waals surface area contributed by atoms with E-state index in [1.54, 1.807) is 11.3 Å². The number of aromatic nitrogens is 4. The van der Waals surface area contributed by atoms with Crippen molar-refractivity contribution in [3.63, 3.8) is 0 Å². The van der Waals surface area contributed by atoms with Crippen molar-refractivity contribution >= 4 is 22.4 Å². The first-order valence-corrected chi connectivity index (χ1v) is 9.92. The molecule has 0 aliphatic heterocycles. The summed E-state index contributed by atoms with van der Waals surface area (Å²) in [7, 11) is 5.98. The highest BCUT2D eigenvalue weighted by atomic mass is 32.1. The third kappa shape index (κ3) is 4.72. The number of nitrogens with zero attached hydrogens (tertiary/aromatic N) is 6. The monoisotopic (exact) mass is 376 g/mol. The molecule has 8 nitrogen and oxygen atoms in total. The number of aliphatic imine (C=N–C) groups is 1. The average molecular weight is 377 g/mol. The summed E-state index contributed by atoms with van der Waals surface area (Å²) >= 11 is 1.64. The van der Waals surface area contributed by atoms with Crippen LogP contribution in [0.2, 0.25) is 0 Å². The molecule has 9 heteroatoms. The number of nitrogens with one attached hydrogen (secondary N) is 2. The second kappa shape index (κ2) is 8.48. The molecule has 1 saturated carbocycles. The molecule has 26 heavy (non-hydrogen) atoms. The minimum Gasteiger partial charge on any atom is -0.354 e. The molecule has 0 spiro atoms. The molecule has 2 aromatic heterocycles. The van der Waals surface area contributed by atoms with E-state index >= 15 is 0 Å². The molecular weight excluding hydrogens is 348 g/mol. The predicted octanol–water partition coefficient (Wildman–Crippen LogP) is 1.82. The SMILES string of the molecule is Cc1nnc(CNC(=NCc2csc(N(C)C)n2)NC2CCCC2)n1C. The molecule has 2 heterocycles.